The lowest BCUT2D eigenvalue weighted by Gasteiger charge is -2.07. The van der Waals surface area contributed by atoms with Crippen LogP contribution in [0.1, 0.15) is 40.0 Å². The minimum Gasteiger partial charge on any atom is -0.487 e. The van der Waals surface area contributed by atoms with Crippen molar-refractivity contribution in [2.24, 2.45) is 5.73 Å². The normalized spacial score (nSPS) is 7.95. The summed E-state index contributed by atoms with van der Waals surface area (Å²) < 4.78 is 5.09. The van der Waals surface area contributed by atoms with Crippen LogP contribution in [0.3, 0.4) is 0 Å². The van der Waals surface area contributed by atoms with E-state index in [-0.39, 0.29) is 11.6 Å². The fraction of sp³-hybridized carbons (Fsp3) is 0.727. The third kappa shape index (κ3) is 38.3. The molecule has 0 aromatic carbocycles. The molecule has 114 valence electrons. The van der Waals surface area contributed by atoms with Crippen LogP contribution in [0, 0.1) is 0 Å². The number of aliphatic hydroxyl groups excluding tert-OH is 1. The number of aliphatic carboxylic acids is 1. The number of thiocarbonyl (C=S) groups is 2. The van der Waals surface area contributed by atoms with Gasteiger partial charge in [0.1, 0.15) is 0 Å². The maximum atomic E-state index is 10.1. The molecule has 0 radical (unpaired) electrons. The standard InChI is InChI=1S/C8H15NO3S.C2H6.CH3NOS/c1-2-3-6-12-8(13)9-5-4-7(10)11;1-2;2-1(3)4/h2-6H2,1H3,(H,9,13)(H,10,11);1-2H3;(H3,2,3,4). The molecule has 0 amide bonds. The number of carboxylic acids is 1. The van der Waals surface area contributed by atoms with Crippen molar-refractivity contribution in [1.82, 2.24) is 5.32 Å². The van der Waals surface area contributed by atoms with Crippen molar-refractivity contribution in [3.8, 4) is 0 Å². The summed E-state index contributed by atoms with van der Waals surface area (Å²) in [6.07, 6.45) is 2.07. The maximum Gasteiger partial charge on any atom is 0.305 e. The van der Waals surface area contributed by atoms with Crippen LogP contribution in [0.5, 0.6) is 0 Å². The monoisotopic (exact) mass is 312 g/mol. The SMILES string of the molecule is CC.CCCCOC(=S)NCCC(=O)O.NC(O)=S. The zero-order valence-corrected chi connectivity index (χ0v) is 13.3. The second kappa shape index (κ2) is 19.2. The van der Waals surface area contributed by atoms with E-state index in [4.69, 9.17) is 27.2 Å². The lowest BCUT2D eigenvalue weighted by molar-refractivity contribution is -0.136. The third-order valence-corrected chi connectivity index (χ3v) is 1.60. The molecule has 5 N–H and O–H groups in total. The van der Waals surface area contributed by atoms with E-state index < -0.39 is 11.1 Å². The molecule has 0 heterocycles. The van der Waals surface area contributed by atoms with E-state index in [1.54, 1.807) is 0 Å². The van der Waals surface area contributed by atoms with Gasteiger partial charge in [0.15, 0.2) is 0 Å². The van der Waals surface area contributed by atoms with Crippen LogP contribution >= 0.6 is 24.4 Å². The molecule has 0 aromatic heterocycles. The molecule has 6 nitrogen and oxygen atoms in total. The van der Waals surface area contributed by atoms with Crippen LogP contribution in [0.4, 0.5) is 0 Å². The third-order valence-electron chi connectivity index (χ3n) is 1.34. The number of nitrogens with one attached hydrogen (secondary N) is 1. The summed E-state index contributed by atoms with van der Waals surface area (Å²) in [5.41, 5.74) is 4.40. The Morgan fingerprint density at radius 2 is 1.79 bits per heavy atom. The van der Waals surface area contributed by atoms with Crippen LogP contribution in [0.2, 0.25) is 0 Å². The lowest BCUT2D eigenvalue weighted by atomic mass is 10.4. The quantitative estimate of drug-likeness (QED) is 0.436. The van der Waals surface area contributed by atoms with Gasteiger partial charge in [-0.2, -0.15) is 0 Å². The molecule has 0 aromatic rings. The number of hydrogen-bond acceptors (Lipinski definition) is 4. The van der Waals surface area contributed by atoms with Crippen molar-refractivity contribution < 1.29 is 19.7 Å². The van der Waals surface area contributed by atoms with E-state index in [2.05, 4.69) is 30.2 Å². The van der Waals surface area contributed by atoms with Crippen molar-refractivity contribution in [2.45, 2.75) is 40.0 Å². The van der Waals surface area contributed by atoms with Gasteiger partial charge in [0.2, 0.25) is 0 Å². The minimum absolute atomic E-state index is 0.0529. The Balaban J connectivity index is -0.000000361. The van der Waals surface area contributed by atoms with Crippen molar-refractivity contribution in [3.05, 3.63) is 0 Å². The van der Waals surface area contributed by atoms with Crippen molar-refractivity contribution in [3.63, 3.8) is 0 Å². The first-order valence-corrected chi connectivity index (χ1v) is 6.82. The average Bonchev–Trinajstić information content (AvgIpc) is 2.31. The maximum absolute atomic E-state index is 10.1. The molecule has 19 heavy (non-hydrogen) atoms. The van der Waals surface area contributed by atoms with Gasteiger partial charge in [-0.3, -0.25) is 4.79 Å². The highest BCUT2D eigenvalue weighted by Gasteiger charge is 1.98. The first-order valence-electron chi connectivity index (χ1n) is 6.01. The van der Waals surface area contributed by atoms with E-state index in [0.717, 1.165) is 12.8 Å². The molecule has 0 bridgehead atoms. The molecule has 0 saturated carbocycles. The highest BCUT2D eigenvalue weighted by atomic mass is 32.1. The highest BCUT2D eigenvalue weighted by molar-refractivity contribution is 7.80. The topological polar surface area (TPSA) is 105 Å². The van der Waals surface area contributed by atoms with Crippen LogP contribution in [0.15, 0.2) is 0 Å². The number of carbonyl (C=O) groups is 1. The van der Waals surface area contributed by atoms with E-state index in [0.29, 0.717) is 13.2 Å². The lowest BCUT2D eigenvalue weighted by Crippen LogP contribution is -2.26. The zero-order chi connectivity index (χ0) is 15.7. The molecule has 0 unspecified atom stereocenters. The Kier molecular flexibility index (Phi) is 23.2. The van der Waals surface area contributed by atoms with Gasteiger partial charge in [-0.1, -0.05) is 27.2 Å². The summed E-state index contributed by atoms with van der Waals surface area (Å²) in [6.45, 7) is 6.97. The smallest absolute Gasteiger partial charge is 0.305 e. The van der Waals surface area contributed by atoms with Gasteiger partial charge in [-0.25, -0.2) is 0 Å². The molecule has 0 aliphatic rings. The van der Waals surface area contributed by atoms with Gasteiger partial charge in [0.05, 0.1) is 13.0 Å². The first kappa shape index (κ1) is 23.0. The molecular formula is C11H24N2O4S2. The summed E-state index contributed by atoms with van der Waals surface area (Å²) in [7, 11) is 0. The molecule has 0 rings (SSSR count). The second-order valence-corrected chi connectivity index (χ2v) is 3.69. The van der Waals surface area contributed by atoms with Gasteiger partial charge in [0.25, 0.3) is 10.3 Å². The summed E-state index contributed by atoms with van der Waals surface area (Å²) in [5, 5.41) is 18.4. The van der Waals surface area contributed by atoms with Gasteiger partial charge in [-0.15, -0.1) is 0 Å². The molecule has 0 atom stereocenters. The fourth-order valence-electron chi connectivity index (χ4n) is 0.632. The number of hydrogen-bond donors (Lipinski definition) is 4. The van der Waals surface area contributed by atoms with E-state index >= 15 is 0 Å². The Labute approximate surface area is 125 Å². The van der Waals surface area contributed by atoms with Crippen molar-refractivity contribution in [1.29, 1.82) is 0 Å². The summed E-state index contributed by atoms with van der Waals surface area (Å²) >= 11 is 8.66. The molecular weight excluding hydrogens is 288 g/mol. The van der Waals surface area contributed by atoms with Crippen molar-refractivity contribution >= 4 is 40.8 Å². The Hall–Kier alpha value is -1.15. The van der Waals surface area contributed by atoms with Gasteiger partial charge in [0, 0.05) is 6.54 Å². The van der Waals surface area contributed by atoms with E-state index in [1.807, 2.05) is 13.8 Å². The summed E-state index contributed by atoms with van der Waals surface area (Å²) in [6, 6.07) is 0. The Morgan fingerprint density at radius 3 is 2.16 bits per heavy atom. The Morgan fingerprint density at radius 1 is 1.32 bits per heavy atom. The van der Waals surface area contributed by atoms with Crippen LogP contribution < -0.4 is 11.1 Å². The van der Waals surface area contributed by atoms with Gasteiger partial charge < -0.3 is 26.0 Å². The molecule has 0 spiro atoms. The van der Waals surface area contributed by atoms with E-state index in [1.165, 1.54) is 0 Å². The number of rotatable bonds is 6. The predicted octanol–water partition coefficient (Wildman–Crippen LogP) is 1.97. The molecule has 0 aliphatic carbocycles. The largest absolute Gasteiger partial charge is 0.487 e. The van der Waals surface area contributed by atoms with Gasteiger partial charge >= 0.3 is 5.97 Å². The summed E-state index contributed by atoms with van der Waals surface area (Å²) in [4.78, 5) is 10.1. The highest BCUT2D eigenvalue weighted by Crippen LogP contribution is 1.88. The fourth-order valence-corrected chi connectivity index (χ4v) is 0.817. The molecule has 0 saturated heterocycles. The number of unbranched alkanes of at least 4 members (excludes halogenated alkanes) is 1. The zero-order valence-electron chi connectivity index (χ0n) is 11.6. The first-order chi connectivity index (χ1) is 8.90. The van der Waals surface area contributed by atoms with Gasteiger partial charge in [-0.05, 0) is 30.9 Å². The predicted molar refractivity (Wildman–Crippen MR) is 84.5 cm³/mol. The number of ether oxygens (including phenoxy) is 1. The molecule has 0 aliphatic heterocycles. The second-order valence-electron chi connectivity index (χ2n) is 2.90. The average molecular weight is 312 g/mol. The Bertz CT molecular complexity index is 247. The summed E-state index contributed by atoms with van der Waals surface area (Å²) in [5.74, 6) is -0.844. The van der Waals surface area contributed by atoms with Crippen LogP contribution in [-0.2, 0) is 9.53 Å². The molecule has 0 fully saturated rings. The number of carboxylic acid groups (broad SMARTS) is 1. The van der Waals surface area contributed by atoms with Crippen LogP contribution in [0.25, 0.3) is 0 Å². The number of aliphatic hydroxyl groups is 1. The molecule has 8 heteroatoms. The van der Waals surface area contributed by atoms with E-state index in [9.17, 15) is 4.79 Å². The number of nitrogens with two attached hydrogens (primary N) is 1. The minimum atomic E-state index is -0.844. The van der Waals surface area contributed by atoms with Crippen molar-refractivity contribution in [2.75, 3.05) is 13.2 Å². The van der Waals surface area contributed by atoms with Crippen LogP contribution in [-0.4, -0.2) is 39.7 Å².